The molecule has 0 saturated heterocycles. The van der Waals surface area contributed by atoms with Crippen molar-refractivity contribution in [3.63, 3.8) is 0 Å². The van der Waals surface area contributed by atoms with Crippen LogP contribution >= 0.6 is 12.6 Å². The second-order valence-electron chi connectivity index (χ2n) is 4.75. The summed E-state index contributed by atoms with van der Waals surface area (Å²) in [6.07, 6.45) is 0. The van der Waals surface area contributed by atoms with Crippen LogP contribution in [0.5, 0.6) is 5.75 Å². The van der Waals surface area contributed by atoms with Crippen molar-refractivity contribution < 1.29 is 9.13 Å². The average Bonchev–Trinajstić information content (AvgIpc) is 2.91. The van der Waals surface area contributed by atoms with Gasteiger partial charge in [-0.1, -0.05) is 0 Å². The molecule has 0 radical (unpaired) electrons. The monoisotopic (exact) mass is 314 g/mol. The third-order valence-electron chi connectivity index (χ3n) is 3.26. The van der Waals surface area contributed by atoms with Gasteiger partial charge in [-0.15, -0.1) is 12.6 Å². The number of nitrogens with one attached hydrogen (secondary N) is 1. The van der Waals surface area contributed by atoms with Gasteiger partial charge in [0.05, 0.1) is 12.3 Å². The number of hydrogen-bond donors (Lipinski definition) is 2. The zero-order chi connectivity index (χ0) is 15.5. The number of aromatic nitrogens is 2. The molecule has 0 bridgehead atoms. The Morgan fingerprint density at radius 2 is 1.68 bits per heavy atom. The summed E-state index contributed by atoms with van der Waals surface area (Å²) >= 11 is 4.40. The van der Waals surface area contributed by atoms with Crippen LogP contribution in [0.25, 0.3) is 22.6 Å². The smallest absolute Gasteiger partial charge is 0.139 e. The van der Waals surface area contributed by atoms with Crippen molar-refractivity contribution in [2.75, 3.05) is 6.61 Å². The lowest BCUT2D eigenvalue weighted by molar-refractivity contribution is 0.340. The summed E-state index contributed by atoms with van der Waals surface area (Å²) in [5, 5.41) is 0.579. The highest BCUT2D eigenvalue weighted by atomic mass is 32.1. The summed E-state index contributed by atoms with van der Waals surface area (Å²) in [7, 11) is 0. The molecule has 0 saturated carbocycles. The third-order valence-corrected chi connectivity index (χ3v) is 3.58. The van der Waals surface area contributed by atoms with Crippen LogP contribution in [-0.2, 0) is 0 Å². The summed E-state index contributed by atoms with van der Waals surface area (Å²) in [6.45, 7) is 2.58. The second-order valence-corrected chi connectivity index (χ2v) is 5.17. The number of aromatic amines is 1. The molecule has 0 aliphatic rings. The van der Waals surface area contributed by atoms with Gasteiger partial charge in [0.1, 0.15) is 22.4 Å². The van der Waals surface area contributed by atoms with Crippen molar-refractivity contribution in [2.24, 2.45) is 0 Å². The summed E-state index contributed by atoms with van der Waals surface area (Å²) in [5.41, 5.74) is 2.55. The Balaban J connectivity index is 1.93. The van der Waals surface area contributed by atoms with Gasteiger partial charge in [-0.25, -0.2) is 9.37 Å². The standard InChI is InChI=1S/C17H15FN2OS/c1-2-21-14-9-5-12(6-10-14)16-19-15(17(22)20-16)11-3-7-13(18)8-4-11/h3-10,22H,2H2,1H3,(H,19,20). The first-order valence-electron chi connectivity index (χ1n) is 6.95. The fourth-order valence-electron chi connectivity index (χ4n) is 2.19. The number of nitrogens with zero attached hydrogens (tertiary/aromatic N) is 1. The largest absolute Gasteiger partial charge is 0.494 e. The molecule has 2 aromatic carbocycles. The highest BCUT2D eigenvalue weighted by molar-refractivity contribution is 7.80. The summed E-state index contributed by atoms with van der Waals surface area (Å²) < 4.78 is 18.4. The number of benzene rings is 2. The van der Waals surface area contributed by atoms with E-state index in [2.05, 4.69) is 22.6 Å². The first-order valence-corrected chi connectivity index (χ1v) is 7.40. The van der Waals surface area contributed by atoms with Crippen LogP contribution < -0.4 is 4.74 Å². The van der Waals surface area contributed by atoms with Gasteiger partial charge < -0.3 is 9.72 Å². The van der Waals surface area contributed by atoms with E-state index in [-0.39, 0.29) is 5.82 Å². The molecule has 0 aliphatic carbocycles. The van der Waals surface area contributed by atoms with Gasteiger partial charge in [-0.3, -0.25) is 0 Å². The first kappa shape index (κ1) is 14.7. The Morgan fingerprint density at radius 3 is 2.32 bits per heavy atom. The molecule has 0 spiro atoms. The van der Waals surface area contributed by atoms with Crippen molar-refractivity contribution in [2.45, 2.75) is 11.9 Å². The molecule has 3 nitrogen and oxygen atoms in total. The van der Waals surface area contributed by atoms with E-state index in [1.54, 1.807) is 12.1 Å². The van der Waals surface area contributed by atoms with Crippen LogP contribution in [0.4, 0.5) is 4.39 Å². The Hall–Kier alpha value is -2.27. The summed E-state index contributed by atoms with van der Waals surface area (Å²) in [5.74, 6) is 1.27. The van der Waals surface area contributed by atoms with Crippen LogP contribution in [-0.4, -0.2) is 16.6 Å². The minimum atomic E-state index is -0.268. The zero-order valence-corrected chi connectivity index (χ0v) is 12.9. The molecule has 22 heavy (non-hydrogen) atoms. The van der Waals surface area contributed by atoms with E-state index in [0.717, 1.165) is 22.6 Å². The molecule has 0 aliphatic heterocycles. The molecule has 0 atom stereocenters. The van der Waals surface area contributed by atoms with Crippen LogP contribution in [0.2, 0.25) is 0 Å². The lowest BCUT2D eigenvalue weighted by Crippen LogP contribution is -1.90. The predicted octanol–water partition coefficient (Wildman–Crippen LogP) is 4.57. The Bertz CT molecular complexity index is 766. The molecular formula is C17H15FN2OS. The maximum atomic E-state index is 13.0. The number of halogens is 1. The Morgan fingerprint density at radius 1 is 1.05 bits per heavy atom. The molecule has 1 aromatic heterocycles. The average molecular weight is 314 g/mol. The predicted molar refractivity (Wildman–Crippen MR) is 87.8 cm³/mol. The quantitative estimate of drug-likeness (QED) is 0.692. The van der Waals surface area contributed by atoms with Crippen molar-refractivity contribution in [3.05, 3.63) is 54.3 Å². The number of ether oxygens (including phenoxy) is 1. The molecule has 1 heterocycles. The normalized spacial score (nSPS) is 10.7. The second kappa shape index (κ2) is 6.23. The fourth-order valence-corrected chi connectivity index (χ4v) is 2.48. The van der Waals surface area contributed by atoms with E-state index < -0.39 is 0 Å². The molecule has 0 amide bonds. The van der Waals surface area contributed by atoms with Crippen molar-refractivity contribution in [1.82, 2.24) is 9.97 Å². The highest BCUT2D eigenvalue weighted by Gasteiger charge is 2.11. The van der Waals surface area contributed by atoms with E-state index in [1.165, 1.54) is 12.1 Å². The van der Waals surface area contributed by atoms with E-state index in [0.29, 0.717) is 17.5 Å². The van der Waals surface area contributed by atoms with Gasteiger partial charge in [0, 0.05) is 11.1 Å². The first-order chi connectivity index (χ1) is 10.7. The van der Waals surface area contributed by atoms with Gasteiger partial charge >= 0.3 is 0 Å². The maximum absolute atomic E-state index is 13.0. The molecule has 3 rings (SSSR count). The van der Waals surface area contributed by atoms with Gasteiger partial charge in [-0.05, 0) is 55.5 Å². The number of H-pyrrole nitrogens is 1. The minimum absolute atomic E-state index is 0.268. The summed E-state index contributed by atoms with van der Waals surface area (Å²) in [6, 6.07) is 13.9. The molecule has 112 valence electrons. The van der Waals surface area contributed by atoms with Crippen molar-refractivity contribution in [1.29, 1.82) is 0 Å². The molecular weight excluding hydrogens is 299 g/mol. The Kier molecular flexibility index (Phi) is 4.15. The number of thiol groups is 1. The van der Waals surface area contributed by atoms with E-state index in [1.807, 2.05) is 31.2 Å². The topological polar surface area (TPSA) is 37.9 Å². The lowest BCUT2D eigenvalue weighted by atomic mass is 10.2. The number of hydrogen-bond acceptors (Lipinski definition) is 3. The van der Waals surface area contributed by atoms with Crippen LogP contribution in [0.3, 0.4) is 0 Å². The lowest BCUT2D eigenvalue weighted by Gasteiger charge is -2.03. The van der Waals surface area contributed by atoms with E-state index >= 15 is 0 Å². The van der Waals surface area contributed by atoms with Gasteiger partial charge in [0.15, 0.2) is 0 Å². The highest BCUT2D eigenvalue weighted by Crippen LogP contribution is 2.29. The molecule has 3 aromatic rings. The van der Waals surface area contributed by atoms with Gasteiger partial charge in [0.2, 0.25) is 0 Å². The van der Waals surface area contributed by atoms with Gasteiger partial charge in [0.25, 0.3) is 0 Å². The molecule has 0 unspecified atom stereocenters. The van der Waals surface area contributed by atoms with E-state index in [9.17, 15) is 4.39 Å². The zero-order valence-electron chi connectivity index (χ0n) is 12.0. The number of rotatable bonds is 4. The third kappa shape index (κ3) is 2.99. The summed E-state index contributed by atoms with van der Waals surface area (Å²) in [4.78, 5) is 7.66. The van der Waals surface area contributed by atoms with Crippen molar-refractivity contribution in [3.8, 4) is 28.4 Å². The molecule has 5 heteroatoms. The minimum Gasteiger partial charge on any atom is -0.494 e. The van der Waals surface area contributed by atoms with E-state index in [4.69, 9.17) is 4.74 Å². The van der Waals surface area contributed by atoms with Crippen molar-refractivity contribution >= 4 is 12.6 Å². The molecule has 0 fully saturated rings. The molecule has 1 N–H and O–H groups in total. The Labute approximate surface area is 133 Å². The van der Waals surface area contributed by atoms with Crippen LogP contribution in [0.15, 0.2) is 53.6 Å². The van der Waals surface area contributed by atoms with Crippen LogP contribution in [0, 0.1) is 5.82 Å². The maximum Gasteiger partial charge on any atom is 0.139 e. The number of imidazole rings is 1. The van der Waals surface area contributed by atoms with Gasteiger partial charge in [-0.2, -0.15) is 0 Å². The fraction of sp³-hybridized carbons (Fsp3) is 0.118. The van der Waals surface area contributed by atoms with Crippen LogP contribution in [0.1, 0.15) is 6.92 Å². The SMILES string of the molecule is CCOc1ccc(-c2nc(S)c(-c3ccc(F)cc3)[nH]2)cc1.